The summed E-state index contributed by atoms with van der Waals surface area (Å²) in [5.74, 6) is -0.324. The Kier molecular flexibility index (Phi) is 4.27. The fourth-order valence-electron chi connectivity index (χ4n) is 4.69. The summed E-state index contributed by atoms with van der Waals surface area (Å²) in [6, 6.07) is 9.63. The summed E-state index contributed by atoms with van der Waals surface area (Å²) in [5, 5.41) is 11.8. The Morgan fingerprint density at radius 3 is 2.87 bits per heavy atom. The van der Waals surface area contributed by atoms with E-state index < -0.39 is 18.2 Å². The first-order chi connectivity index (χ1) is 14.3. The minimum Gasteiger partial charge on any atom is -0.455 e. The van der Waals surface area contributed by atoms with Crippen LogP contribution in [0.2, 0.25) is 0 Å². The fraction of sp³-hybridized carbons (Fsp3) is 0.333. The number of aliphatic hydroxyl groups excluding tert-OH is 1. The van der Waals surface area contributed by atoms with Crippen molar-refractivity contribution in [2.24, 2.45) is 11.3 Å². The van der Waals surface area contributed by atoms with Gasteiger partial charge in [0.15, 0.2) is 0 Å². The third-order valence-corrected chi connectivity index (χ3v) is 7.90. The molecule has 2 aromatic rings. The van der Waals surface area contributed by atoms with Crippen molar-refractivity contribution in [1.82, 2.24) is 0 Å². The Bertz CT molecular complexity index is 1150. The van der Waals surface area contributed by atoms with Crippen LogP contribution in [-0.4, -0.2) is 29.3 Å². The van der Waals surface area contributed by atoms with E-state index in [1.807, 2.05) is 43.3 Å². The van der Waals surface area contributed by atoms with E-state index in [2.05, 4.69) is 6.92 Å². The van der Waals surface area contributed by atoms with Crippen LogP contribution in [0.1, 0.15) is 36.9 Å². The maximum absolute atomic E-state index is 12.9. The van der Waals surface area contributed by atoms with E-state index in [0.717, 1.165) is 21.2 Å². The van der Waals surface area contributed by atoms with E-state index in [1.54, 1.807) is 13.0 Å². The molecule has 30 heavy (non-hydrogen) atoms. The number of aliphatic hydroxyl groups is 1. The van der Waals surface area contributed by atoms with Crippen LogP contribution >= 0.6 is 11.3 Å². The summed E-state index contributed by atoms with van der Waals surface area (Å²) in [6.45, 7) is 5.86. The molecule has 0 radical (unpaired) electrons. The van der Waals surface area contributed by atoms with Crippen molar-refractivity contribution in [2.45, 2.75) is 39.4 Å². The Morgan fingerprint density at radius 1 is 1.33 bits per heavy atom. The molecule has 0 amide bonds. The molecular formula is C24H22O5S. The Labute approximate surface area is 178 Å². The van der Waals surface area contributed by atoms with Gasteiger partial charge in [0, 0.05) is 27.2 Å². The monoisotopic (exact) mass is 422 g/mol. The molecule has 1 aliphatic heterocycles. The highest BCUT2D eigenvalue weighted by molar-refractivity contribution is 7.20. The average molecular weight is 423 g/mol. The number of esters is 2. The van der Waals surface area contributed by atoms with Gasteiger partial charge in [-0.05, 0) is 48.6 Å². The van der Waals surface area contributed by atoms with Gasteiger partial charge in [-0.15, -0.1) is 11.3 Å². The van der Waals surface area contributed by atoms with Crippen molar-refractivity contribution in [3.8, 4) is 0 Å². The van der Waals surface area contributed by atoms with E-state index in [0.29, 0.717) is 22.6 Å². The predicted octanol–water partition coefficient (Wildman–Crippen LogP) is 4.53. The molecule has 6 heteroatoms. The third-order valence-electron chi connectivity index (χ3n) is 6.80. The Hall–Kier alpha value is -2.70. The lowest BCUT2D eigenvalue weighted by Crippen LogP contribution is -2.48. The zero-order chi connectivity index (χ0) is 21.2. The summed E-state index contributed by atoms with van der Waals surface area (Å²) in [4.78, 5) is 25.4. The molecule has 1 aromatic carbocycles. The van der Waals surface area contributed by atoms with Crippen LogP contribution in [-0.2, 0) is 14.3 Å². The number of allylic oxidation sites excluding steroid dienone is 3. The summed E-state index contributed by atoms with van der Waals surface area (Å²) in [6.07, 6.45) is 2.57. The number of carbonyl (C=O) groups is 2. The van der Waals surface area contributed by atoms with Crippen LogP contribution in [0.25, 0.3) is 10.1 Å². The van der Waals surface area contributed by atoms with Crippen LogP contribution < -0.4 is 0 Å². The highest BCUT2D eigenvalue weighted by atomic mass is 32.1. The average Bonchev–Trinajstić information content (AvgIpc) is 3.26. The van der Waals surface area contributed by atoms with Gasteiger partial charge in [0.1, 0.15) is 22.8 Å². The molecule has 0 bridgehead atoms. The lowest BCUT2D eigenvalue weighted by molar-refractivity contribution is -0.133. The molecule has 0 saturated carbocycles. The molecular weight excluding hydrogens is 400 g/mol. The van der Waals surface area contributed by atoms with Crippen LogP contribution in [0.3, 0.4) is 0 Å². The summed E-state index contributed by atoms with van der Waals surface area (Å²) in [7, 11) is 0. The quantitative estimate of drug-likeness (QED) is 0.720. The van der Waals surface area contributed by atoms with Crippen molar-refractivity contribution < 1.29 is 24.2 Å². The molecule has 3 aliphatic rings. The first-order valence-corrected chi connectivity index (χ1v) is 10.8. The molecule has 5 rings (SSSR count). The Morgan fingerprint density at radius 2 is 2.10 bits per heavy atom. The number of hydrogen-bond acceptors (Lipinski definition) is 6. The summed E-state index contributed by atoms with van der Waals surface area (Å²) >= 11 is 1.39. The molecule has 2 heterocycles. The van der Waals surface area contributed by atoms with Gasteiger partial charge in [0.2, 0.25) is 0 Å². The smallest absolute Gasteiger partial charge is 0.348 e. The summed E-state index contributed by atoms with van der Waals surface area (Å²) in [5.41, 5.74) is 2.06. The standard InChI is InChI=1S/C24H22O5S/c1-12-16-11-24(3)13(2)21(17(25)9-15(24)10-18(16)28-22(12)26)29-23(27)20-8-14-6-4-5-7-19(14)30-20/h4-10,13,17,21,25H,11H2,1-3H3/t13-,17-,21+,24+/m0/s1. The fourth-order valence-corrected chi connectivity index (χ4v) is 5.64. The van der Waals surface area contributed by atoms with E-state index >= 15 is 0 Å². The number of rotatable bonds is 2. The minimum atomic E-state index is -0.929. The zero-order valence-corrected chi connectivity index (χ0v) is 17.8. The van der Waals surface area contributed by atoms with Crippen molar-refractivity contribution in [3.63, 3.8) is 0 Å². The topological polar surface area (TPSA) is 72.8 Å². The lowest BCUT2D eigenvalue weighted by atomic mass is 9.60. The second kappa shape index (κ2) is 6.65. The van der Waals surface area contributed by atoms with Crippen LogP contribution in [0.5, 0.6) is 0 Å². The predicted molar refractivity (Wildman–Crippen MR) is 114 cm³/mol. The van der Waals surface area contributed by atoms with Gasteiger partial charge < -0.3 is 14.6 Å². The molecule has 0 spiro atoms. The molecule has 4 atom stereocenters. The van der Waals surface area contributed by atoms with Crippen LogP contribution in [0, 0.1) is 11.3 Å². The van der Waals surface area contributed by atoms with Crippen molar-refractivity contribution in [1.29, 1.82) is 0 Å². The molecule has 5 nitrogen and oxygen atoms in total. The molecule has 1 aromatic heterocycles. The minimum absolute atomic E-state index is 0.153. The number of thiophene rings is 1. The molecule has 0 saturated heterocycles. The molecule has 154 valence electrons. The number of fused-ring (bicyclic) bond motifs is 3. The van der Waals surface area contributed by atoms with Gasteiger partial charge in [0.05, 0.1) is 0 Å². The largest absolute Gasteiger partial charge is 0.455 e. The second-order valence-electron chi connectivity index (χ2n) is 8.52. The maximum atomic E-state index is 12.9. The van der Waals surface area contributed by atoms with Crippen molar-refractivity contribution >= 4 is 33.4 Å². The Balaban J connectivity index is 1.46. The molecule has 0 unspecified atom stereocenters. The van der Waals surface area contributed by atoms with E-state index in [9.17, 15) is 14.7 Å². The SMILES string of the molecule is CC1=C2C[C@@]3(C)C(=C[C@H](O)[C@H](OC(=O)c4cc5ccccc5s4)[C@@H]3C)C=C2OC1=O. The molecule has 1 N–H and O–H groups in total. The van der Waals surface area contributed by atoms with Crippen molar-refractivity contribution in [3.05, 3.63) is 69.8 Å². The van der Waals surface area contributed by atoms with E-state index in [4.69, 9.17) is 9.47 Å². The number of carbonyl (C=O) groups excluding carboxylic acids is 2. The third kappa shape index (κ3) is 2.78. The first kappa shape index (κ1) is 19.3. The van der Waals surface area contributed by atoms with Crippen LogP contribution in [0.15, 0.2) is 65.0 Å². The summed E-state index contributed by atoms with van der Waals surface area (Å²) < 4.78 is 12.2. The maximum Gasteiger partial charge on any atom is 0.348 e. The number of hydrogen-bond donors (Lipinski definition) is 1. The van der Waals surface area contributed by atoms with E-state index in [1.165, 1.54) is 11.3 Å². The lowest BCUT2D eigenvalue weighted by Gasteiger charge is -2.47. The van der Waals surface area contributed by atoms with Gasteiger partial charge in [0.25, 0.3) is 0 Å². The van der Waals surface area contributed by atoms with Gasteiger partial charge in [-0.3, -0.25) is 0 Å². The van der Waals surface area contributed by atoms with Crippen molar-refractivity contribution in [2.75, 3.05) is 0 Å². The highest BCUT2D eigenvalue weighted by Gasteiger charge is 2.50. The van der Waals surface area contributed by atoms with Gasteiger partial charge in [-0.1, -0.05) is 32.0 Å². The second-order valence-corrected chi connectivity index (χ2v) is 9.60. The molecule has 2 aliphatic carbocycles. The van der Waals surface area contributed by atoms with Gasteiger partial charge in [-0.2, -0.15) is 0 Å². The zero-order valence-electron chi connectivity index (χ0n) is 17.0. The first-order valence-electron chi connectivity index (χ1n) is 10.0. The highest BCUT2D eigenvalue weighted by Crippen LogP contribution is 2.54. The number of benzene rings is 1. The number of ether oxygens (including phenoxy) is 2. The normalized spacial score (nSPS) is 30.4. The molecule has 0 fully saturated rings. The van der Waals surface area contributed by atoms with E-state index in [-0.39, 0.29) is 17.3 Å². The van der Waals surface area contributed by atoms with Gasteiger partial charge >= 0.3 is 11.9 Å². The van der Waals surface area contributed by atoms with Gasteiger partial charge in [-0.25, -0.2) is 9.59 Å². The van der Waals surface area contributed by atoms with Crippen LogP contribution in [0.4, 0.5) is 0 Å².